The molecule has 13 nitrogen and oxygen atoms in total. The van der Waals surface area contributed by atoms with Crippen molar-refractivity contribution in [1.82, 2.24) is 15.0 Å². The van der Waals surface area contributed by atoms with Gasteiger partial charge in [-0.25, -0.2) is 9.59 Å². The molecule has 13 heteroatoms. The maximum Gasteiger partial charge on any atom is 0.510 e. The lowest BCUT2D eigenvalue weighted by molar-refractivity contribution is -0.0181. The average Bonchev–Trinajstić information content (AvgIpc) is 3.29. The van der Waals surface area contributed by atoms with Gasteiger partial charge in [-0.15, -0.1) is 15.0 Å². The Balaban J connectivity index is 2.44. The number of ether oxygens (including phenoxy) is 5. The van der Waals surface area contributed by atoms with E-state index in [-0.39, 0.29) is 41.4 Å². The first kappa shape index (κ1) is 28.2. The highest BCUT2D eigenvalue weighted by Crippen LogP contribution is 2.34. The van der Waals surface area contributed by atoms with Gasteiger partial charge in [-0.3, -0.25) is 4.79 Å². The quantitative estimate of drug-likeness (QED) is 0.172. The number of ketones is 1. The molecule has 0 fully saturated rings. The normalized spacial score (nSPS) is 12.4. The van der Waals surface area contributed by atoms with E-state index in [0.29, 0.717) is 12.2 Å². The average molecular weight is 509 g/mol. The van der Waals surface area contributed by atoms with Crippen molar-refractivity contribution in [2.45, 2.75) is 58.8 Å². The van der Waals surface area contributed by atoms with E-state index in [1.165, 1.54) is 33.3 Å². The highest BCUT2D eigenvalue weighted by Gasteiger charge is 2.30. The molecule has 0 radical (unpaired) electrons. The first-order valence-electron chi connectivity index (χ1n) is 11.4. The van der Waals surface area contributed by atoms with Gasteiger partial charge in [0.05, 0.1) is 26.4 Å². The Kier molecular flexibility index (Phi) is 10.3. The van der Waals surface area contributed by atoms with Crippen LogP contribution in [-0.2, 0) is 14.2 Å². The number of carbonyl (C=O) groups excluding carboxylic acids is 2. The molecule has 0 aliphatic carbocycles. The lowest BCUT2D eigenvalue weighted by Gasteiger charge is -2.15. The van der Waals surface area contributed by atoms with Gasteiger partial charge in [0.25, 0.3) is 0 Å². The third-order valence-corrected chi connectivity index (χ3v) is 5.14. The molecule has 1 aromatic heterocycles. The smallest absolute Gasteiger partial charge is 0.493 e. The summed E-state index contributed by atoms with van der Waals surface area (Å²) in [6, 6.07) is 2.79. The van der Waals surface area contributed by atoms with Crippen LogP contribution in [0.1, 0.15) is 80.5 Å². The van der Waals surface area contributed by atoms with Crippen molar-refractivity contribution in [2.75, 3.05) is 26.6 Å². The number of anilines is 1. The summed E-state index contributed by atoms with van der Waals surface area (Å²) in [4.78, 5) is 37.7. The molecule has 1 aromatic carbocycles. The Hall–Kier alpha value is -4.03. The number of aromatic nitrogens is 3. The van der Waals surface area contributed by atoms with Gasteiger partial charge in [-0.05, 0) is 19.4 Å². The lowest BCUT2D eigenvalue weighted by Crippen LogP contribution is -2.20. The molecule has 0 amide bonds. The van der Waals surface area contributed by atoms with Crippen LogP contribution in [0.4, 0.5) is 15.3 Å². The van der Waals surface area contributed by atoms with Gasteiger partial charge in [-0.1, -0.05) is 26.7 Å². The summed E-state index contributed by atoms with van der Waals surface area (Å²) < 4.78 is 25.6. The number of nitrogen functional groups attached to an aromatic ring is 1. The van der Waals surface area contributed by atoms with E-state index in [1.54, 1.807) is 6.92 Å². The summed E-state index contributed by atoms with van der Waals surface area (Å²) in [6.45, 7) is 5.33. The Morgan fingerprint density at radius 3 is 2.31 bits per heavy atom. The zero-order valence-electron chi connectivity index (χ0n) is 21.0. The minimum Gasteiger partial charge on any atom is -0.493 e. The van der Waals surface area contributed by atoms with E-state index in [9.17, 15) is 14.4 Å². The fourth-order valence-corrected chi connectivity index (χ4v) is 3.27. The molecule has 36 heavy (non-hydrogen) atoms. The van der Waals surface area contributed by atoms with Gasteiger partial charge < -0.3 is 34.5 Å². The molecule has 0 bridgehead atoms. The molecule has 1 heterocycles. The van der Waals surface area contributed by atoms with E-state index < -0.39 is 30.4 Å². The third kappa shape index (κ3) is 6.99. The standard InChI is InChI=1S/C23H32N4O9/c1-6-8-9-10-34-23(31)36-18(7-2)27-25-19(13(3)35-22(29)30)20(26-27)21(28)14-11-16(32-4)17(33-5)12-15(14)24/h11-13,18H,6-10,24H2,1-5H3,(H,29,30). The van der Waals surface area contributed by atoms with Crippen molar-refractivity contribution in [1.29, 1.82) is 0 Å². The van der Waals surface area contributed by atoms with Crippen LogP contribution in [0.5, 0.6) is 11.5 Å². The van der Waals surface area contributed by atoms with Crippen LogP contribution in [0.2, 0.25) is 0 Å². The van der Waals surface area contributed by atoms with Crippen LogP contribution in [0, 0.1) is 0 Å². The highest BCUT2D eigenvalue weighted by atomic mass is 16.7. The third-order valence-electron chi connectivity index (χ3n) is 5.14. The molecule has 198 valence electrons. The van der Waals surface area contributed by atoms with E-state index in [4.69, 9.17) is 34.5 Å². The summed E-state index contributed by atoms with van der Waals surface area (Å²) >= 11 is 0. The lowest BCUT2D eigenvalue weighted by atomic mass is 10.0. The van der Waals surface area contributed by atoms with Crippen LogP contribution in [0.25, 0.3) is 0 Å². The van der Waals surface area contributed by atoms with Gasteiger partial charge >= 0.3 is 12.3 Å². The van der Waals surface area contributed by atoms with Crippen molar-refractivity contribution in [2.24, 2.45) is 0 Å². The van der Waals surface area contributed by atoms with Gasteiger partial charge in [0, 0.05) is 18.2 Å². The Labute approximate surface area is 208 Å². The number of benzene rings is 1. The number of carbonyl (C=O) groups is 3. The van der Waals surface area contributed by atoms with E-state index in [1.807, 2.05) is 6.92 Å². The van der Waals surface area contributed by atoms with E-state index in [0.717, 1.165) is 17.6 Å². The summed E-state index contributed by atoms with van der Waals surface area (Å²) in [5, 5.41) is 17.5. The summed E-state index contributed by atoms with van der Waals surface area (Å²) in [6.07, 6.45) is -1.88. The second-order valence-corrected chi connectivity index (χ2v) is 7.69. The van der Waals surface area contributed by atoms with Crippen molar-refractivity contribution < 1.29 is 43.2 Å². The second kappa shape index (κ2) is 13.2. The summed E-state index contributed by atoms with van der Waals surface area (Å²) in [5.41, 5.74) is 5.84. The molecule has 0 saturated heterocycles. The van der Waals surface area contributed by atoms with E-state index in [2.05, 4.69) is 10.2 Å². The van der Waals surface area contributed by atoms with Crippen LogP contribution in [-0.4, -0.2) is 59.0 Å². The van der Waals surface area contributed by atoms with Crippen molar-refractivity contribution >= 4 is 23.8 Å². The SMILES string of the molecule is CCCCCOC(=O)OC(CC)n1nc(C(=O)c2cc(OC)c(OC)cc2N)c(C(C)OC(=O)O)n1. The maximum atomic E-state index is 13.5. The number of carboxylic acid groups (broad SMARTS) is 1. The molecule has 2 atom stereocenters. The molecular formula is C23H32N4O9. The molecule has 0 aliphatic rings. The monoisotopic (exact) mass is 508 g/mol. The fourth-order valence-electron chi connectivity index (χ4n) is 3.27. The number of rotatable bonds is 13. The Morgan fingerprint density at radius 2 is 1.72 bits per heavy atom. The van der Waals surface area contributed by atoms with Gasteiger partial charge in [0.2, 0.25) is 12.0 Å². The van der Waals surface area contributed by atoms with Crippen LogP contribution in [0.3, 0.4) is 0 Å². The van der Waals surface area contributed by atoms with E-state index >= 15 is 0 Å². The van der Waals surface area contributed by atoms with Crippen molar-refractivity contribution in [3.05, 3.63) is 29.1 Å². The summed E-state index contributed by atoms with van der Waals surface area (Å²) in [7, 11) is 2.82. The van der Waals surface area contributed by atoms with Crippen LogP contribution in [0.15, 0.2) is 12.1 Å². The Morgan fingerprint density at radius 1 is 1.06 bits per heavy atom. The zero-order valence-corrected chi connectivity index (χ0v) is 21.0. The number of nitrogens with two attached hydrogens (primary N) is 1. The largest absolute Gasteiger partial charge is 0.510 e. The molecule has 0 saturated carbocycles. The molecule has 3 N–H and O–H groups in total. The predicted molar refractivity (Wildman–Crippen MR) is 126 cm³/mol. The number of nitrogens with zero attached hydrogens (tertiary/aromatic N) is 3. The highest BCUT2D eigenvalue weighted by molar-refractivity contribution is 6.12. The molecule has 2 aromatic rings. The van der Waals surface area contributed by atoms with Crippen LogP contribution >= 0.6 is 0 Å². The number of hydrogen-bond acceptors (Lipinski definition) is 11. The van der Waals surface area contributed by atoms with Gasteiger partial charge in [0.15, 0.2) is 17.2 Å². The maximum absolute atomic E-state index is 13.5. The second-order valence-electron chi connectivity index (χ2n) is 7.69. The number of hydrogen-bond donors (Lipinski definition) is 2. The molecule has 0 spiro atoms. The first-order valence-corrected chi connectivity index (χ1v) is 11.4. The Bertz CT molecular complexity index is 1070. The topological polar surface area (TPSA) is 174 Å². The fraction of sp³-hybridized carbons (Fsp3) is 0.522. The van der Waals surface area contributed by atoms with Crippen molar-refractivity contribution in [3.8, 4) is 11.5 Å². The van der Waals surface area contributed by atoms with Gasteiger partial charge in [0.1, 0.15) is 11.8 Å². The number of unbranched alkanes of at least 4 members (excludes halogenated alkanes) is 2. The van der Waals surface area contributed by atoms with Crippen LogP contribution < -0.4 is 15.2 Å². The van der Waals surface area contributed by atoms with Crippen molar-refractivity contribution in [3.63, 3.8) is 0 Å². The first-order chi connectivity index (χ1) is 17.2. The summed E-state index contributed by atoms with van der Waals surface area (Å²) in [5.74, 6) is -0.109. The van der Waals surface area contributed by atoms with Gasteiger partial charge in [-0.2, -0.15) is 0 Å². The molecular weight excluding hydrogens is 476 g/mol. The molecule has 0 aliphatic heterocycles. The minimum absolute atomic E-state index is 0.0211. The minimum atomic E-state index is -1.57. The molecule has 2 rings (SSSR count). The number of methoxy groups -OCH3 is 2. The zero-order chi connectivity index (χ0) is 26.8. The predicted octanol–water partition coefficient (Wildman–Crippen LogP) is 4.12. The molecule has 2 unspecified atom stereocenters.